The summed E-state index contributed by atoms with van der Waals surface area (Å²) in [5, 5.41) is 14.4. The number of nitrogens with one attached hydrogen (secondary N) is 2. The van der Waals surface area contributed by atoms with E-state index in [4.69, 9.17) is 5.11 Å². The van der Waals surface area contributed by atoms with Gasteiger partial charge in [-0.25, -0.2) is 4.79 Å². The normalized spacial score (nSPS) is 18.8. The molecule has 0 spiro atoms. The molecular formula is C16H19IN2O3. The highest BCUT2D eigenvalue weighted by molar-refractivity contribution is 14.1. The molecule has 2 aliphatic rings. The Kier molecular flexibility index (Phi) is 4.56. The predicted octanol–water partition coefficient (Wildman–Crippen LogP) is 3.30. The van der Waals surface area contributed by atoms with Crippen molar-refractivity contribution in [3.05, 3.63) is 27.8 Å². The molecule has 0 heterocycles. The standard InChI is InChI=1S/C16H19IN2O3/c17-11-5-7-12(8-6-11)18-15(20)14(19-16(21)22)13(9-1-2-9)10-3-4-10/h5-10,13-14,19H,1-4H2,(H,18,20)(H,21,22)/t14-/m0/s1. The van der Waals surface area contributed by atoms with E-state index in [1.54, 1.807) is 0 Å². The topological polar surface area (TPSA) is 78.4 Å². The summed E-state index contributed by atoms with van der Waals surface area (Å²) in [6.45, 7) is 0. The van der Waals surface area contributed by atoms with Gasteiger partial charge in [-0.2, -0.15) is 0 Å². The number of carbonyl (C=O) groups excluding carboxylic acids is 1. The second-order valence-electron chi connectivity index (χ2n) is 6.18. The summed E-state index contributed by atoms with van der Waals surface area (Å²) < 4.78 is 1.09. The summed E-state index contributed by atoms with van der Waals surface area (Å²) in [6.07, 6.45) is 3.30. The molecular weight excluding hydrogens is 395 g/mol. The predicted molar refractivity (Wildman–Crippen MR) is 91.7 cm³/mol. The highest BCUT2D eigenvalue weighted by atomic mass is 127. The molecule has 1 atom stereocenters. The third kappa shape index (κ3) is 3.91. The molecule has 0 aliphatic heterocycles. The van der Waals surface area contributed by atoms with Gasteiger partial charge < -0.3 is 15.7 Å². The van der Waals surface area contributed by atoms with Crippen molar-refractivity contribution < 1.29 is 14.7 Å². The van der Waals surface area contributed by atoms with Crippen LogP contribution in [0.25, 0.3) is 0 Å². The van der Waals surface area contributed by atoms with Crippen LogP contribution in [0.3, 0.4) is 0 Å². The van der Waals surface area contributed by atoms with Crippen molar-refractivity contribution in [1.82, 2.24) is 5.32 Å². The van der Waals surface area contributed by atoms with Crippen molar-refractivity contribution in [3.63, 3.8) is 0 Å². The molecule has 2 saturated carbocycles. The van der Waals surface area contributed by atoms with E-state index in [2.05, 4.69) is 33.2 Å². The first-order valence-electron chi connectivity index (χ1n) is 7.60. The van der Waals surface area contributed by atoms with Crippen LogP contribution in [-0.2, 0) is 4.79 Å². The Labute approximate surface area is 143 Å². The minimum absolute atomic E-state index is 0.139. The number of benzene rings is 1. The van der Waals surface area contributed by atoms with E-state index in [9.17, 15) is 9.59 Å². The number of hydrogen-bond acceptors (Lipinski definition) is 2. The molecule has 0 bridgehead atoms. The lowest BCUT2D eigenvalue weighted by Crippen LogP contribution is -2.49. The van der Waals surface area contributed by atoms with Crippen LogP contribution in [0.2, 0.25) is 0 Å². The highest BCUT2D eigenvalue weighted by Crippen LogP contribution is 2.50. The average molecular weight is 414 g/mol. The van der Waals surface area contributed by atoms with Crippen LogP contribution in [0.5, 0.6) is 0 Å². The third-order valence-corrected chi connectivity index (χ3v) is 5.11. The molecule has 3 rings (SSSR count). The average Bonchev–Trinajstić information content (AvgIpc) is 3.34. The van der Waals surface area contributed by atoms with Gasteiger partial charge in [0.2, 0.25) is 5.91 Å². The van der Waals surface area contributed by atoms with E-state index in [-0.39, 0.29) is 11.8 Å². The first-order valence-corrected chi connectivity index (χ1v) is 8.68. The van der Waals surface area contributed by atoms with E-state index >= 15 is 0 Å². The number of amides is 2. The molecule has 0 aromatic heterocycles. The van der Waals surface area contributed by atoms with Crippen LogP contribution in [0, 0.1) is 21.3 Å². The molecule has 1 aromatic carbocycles. The van der Waals surface area contributed by atoms with Crippen molar-refractivity contribution in [1.29, 1.82) is 0 Å². The Bertz CT molecular complexity index is 555. The van der Waals surface area contributed by atoms with Crippen LogP contribution in [-0.4, -0.2) is 23.1 Å². The van der Waals surface area contributed by atoms with Crippen LogP contribution < -0.4 is 10.6 Å². The maximum absolute atomic E-state index is 12.6. The summed E-state index contributed by atoms with van der Waals surface area (Å²) in [7, 11) is 0. The number of carboxylic acid groups (broad SMARTS) is 1. The van der Waals surface area contributed by atoms with Gasteiger partial charge in [0.15, 0.2) is 0 Å². The highest BCUT2D eigenvalue weighted by Gasteiger charge is 2.48. The SMILES string of the molecule is O=C(O)N[C@H](C(=O)Nc1ccc(I)cc1)C(C1CC1)C1CC1. The van der Waals surface area contributed by atoms with Gasteiger partial charge in [0.05, 0.1) is 0 Å². The lowest BCUT2D eigenvalue weighted by Gasteiger charge is -2.26. The molecule has 1 aromatic rings. The van der Waals surface area contributed by atoms with Crippen molar-refractivity contribution in [2.45, 2.75) is 31.7 Å². The first kappa shape index (κ1) is 15.6. The summed E-state index contributed by atoms with van der Waals surface area (Å²) >= 11 is 2.20. The van der Waals surface area contributed by atoms with Gasteiger partial charge >= 0.3 is 6.09 Å². The van der Waals surface area contributed by atoms with Gasteiger partial charge in [-0.15, -0.1) is 0 Å². The molecule has 5 nitrogen and oxygen atoms in total. The van der Waals surface area contributed by atoms with Crippen molar-refractivity contribution in [3.8, 4) is 0 Å². The smallest absolute Gasteiger partial charge is 0.405 e. The molecule has 0 unspecified atom stereocenters. The maximum Gasteiger partial charge on any atom is 0.405 e. The fraction of sp³-hybridized carbons (Fsp3) is 0.500. The summed E-state index contributed by atoms with van der Waals surface area (Å²) in [4.78, 5) is 23.7. The molecule has 0 radical (unpaired) electrons. The van der Waals surface area contributed by atoms with E-state index in [1.807, 2.05) is 24.3 Å². The van der Waals surface area contributed by atoms with Crippen LogP contribution in [0.1, 0.15) is 25.7 Å². The first-order chi connectivity index (χ1) is 10.5. The van der Waals surface area contributed by atoms with E-state index in [0.29, 0.717) is 17.5 Å². The number of halogens is 1. The Morgan fingerprint density at radius 3 is 2.09 bits per heavy atom. The van der Waals surface area contributed by atoms with Crippen LogP contribution >= 0.6 is 22.6 Å². The molecule has 3 N–H and O–H groups in total. The Morgan fingerprint density at radius 2 is 1.64 bits per heavy atom. The third-order valence-electron chi connectivity index (χ3n) is 4.39. The summed E-state index contributed by atoms with van der Waals surface area (Å²) in [5.41, 5.74) is 0.702. The van der Waals surface area contributed by atoms with Crippen molar-refractivity contribution >= 4 is 40.3 Å². The molecule has 6 heteroatoms. The van der Waals surface area contributed by atoms with Gasteiger partial charge in [-0.05, 0) is 90.3 Å². The lowest BCUT2D eigenvalue weighted by atomic mass is 9.88. The van der Waals surface area contributed by atoms with Gasteiger partial charge in [0.1, 0.15) is 6.04 Å². The van der Waals surface area contributed by atoms with Crippen LogP contribution in [0.15, 0.2) is 24.3 Å². The minimum Gasteiger partial charge on any atom is -0.465 e. The summed E-state index contributed by atoms with van der Waals surface area (Å²) in [5.74, 6) is 0.881. The van der Waals surface area contributed by atoms with E-state index < -0.39 is 12.1 Å². The van der Waals surface area contributed by atoms with Crippen molar-refractivity contribution in [2.24, 2.45) is 17.8 Å². The van der Waals surface area contributed by atoms with Crippen LogP contribution in [0.4, 0.5) is 10.5 Å². The Hall–Kier alpha value is -1.31. The molecule has 2 fully saturated rings. The lowest BCUT2D eigenvalue weighted by molar-refractivity contribution is -0.119. The fourth-order valence-electron chi connectivity index (χ4n) is 3.11. The van der Waals surface area contributed by atoms with Crippen molar-refractivity contribution in [2.75, 3.05) is 5.32 Å². The zero-order valence-corrected chi connectivity index (χ0v) is 14.2. The minimum atomic E-state index is -1.13. The second-order valence-corrected chi connectivity index (χ2v) is 7.42. The maximum atomic E-state index is 12.6. The molecule has 0 saturated heterocycles. The zero-order valence-electron chi connectivity index (χ0n) is 12.1. The van der Waals surface area contributed by atoms with Gasteiger partial charge in [-0.3, -0.25) is 4.79 Å². The molecule has 2 aliphatic carbocycles. The quantitative estimate of drug-likeness (QED) is 0.626. The van der Waals surface area contributed by atoms with E-state index in [1.165, 1.54) is 0 Å². The van der Waals surface area contributed by atoms with Gasteiger partial charge in [0.25, 0.3) is 0 Å². The largest absolute Gasteiger partial charge is 0.465 e. The van der Waals surface area contributed by atoms with E-state index in [0.717, 1.165) is 29.3 Å². The monoisotopic (exact) mass is 414 g/mol. The molecule has 2 amide bonds. The zero-order chi connectivity index (χ0) is 15.7. The number of rotatable bonds is 6. The fourth-order valence-corrected chi connectivity index (χ4v) is 3.47. The van der Waals surface area contributed by atoms with Gasteiger partial charge in [0, 0.05) is 9.26 Å². The number of hydrogen-bond donors (Lipinski definition) is 3. The van der Waals surface area contributed by atoms with Gasteiger partial charge in [-0.1, -0.05) is 0 Å². The Morgan fingerprint density at radius 1 is 1.09 bits per heavy atom. The molecule has 22 heavy (non-hydrogen) atoms. The number of anilines is 1. The number of carbonyl (C=O) groups is 2. The summed E-state index contributed by atoms with van der Waals surface area (Å²) in [6, 6.07) is 6.84. The Balaban J connectivity index is 1.73. The molecule has 118 valence electrons. The second kappa shape index (κ2) is 6.44.